The van der Waals surface area contributed by atoms with E-state index < -0.39 is 0 Å². The van der Waals surface area contributed by atoms with E-state index in [9.17, 15) is 9.59 Å². The molecule has 2 unspecified atom stereocenters. The molecule has 0 saturated heterocycles. The van der Waals surface area contributed by atoms with E-state index in [0.29, 0.717) is 37.3 Å². The van der Waals surface area contributed by atoms with Gasteiger partial charge in [0.25, 0.3) is 11.8 Å². The molecule has 2 heterocycles. The maximum Gasteiger partial charge on any atom is 0.251 e. The van der Waals surface area contributed by atoms with Crippen LogP contribution in [0.2, 0.25) is 0 Å². The first-order valence-electron chi connectivity index (χ1n) is 26.1. The van der Waals surface area contributed by atoms with Crippen LogP contribution < -0.4 is 35.2 Å². The highest BCUT2D eigenvalue weighted by Crippen LogP contribution is 2.47. The average Bonchev–Trinajstić information content (AvgIpc) is 3.40. The van der Waals surface area contributed by atoms with Gasteiger partial charge in [0.2, 0.25) is 0 Å². The summed E-state index contributed by atoms with van der Waals surface area (Å²) >= 11 is 0. The quantitative estimate of drug-likeness (QED) is 0.0665. The van der Waals surface area contributed by atoms with E-state index in [1.165, 1.54) is 0 Å². The number of carbonyl (C=O) groups is 2. The van der Waals surface area contributed by atoms with E-state index in [-0.39, 0.29) is 23.9 Å². The lowest BCUT2D eigenvalue weighted by Crippen LogP contribution is -2.37. The van der Waals surface area contributed by atoms with Gasteiger partial charge in [0.1, 0.15) is 23.0 Å². The maximum absolute atomic E-state index is 14.1. The second kappa shape index (κ2) is 23.5. The lowest BCUT2D eigenvalue weighted by molar-refractivity contribution is 0.0948. The molecular weight excluding hydrogens is 883 g/mol. The largest absolute Gasteiger partial charge is 0.456 e. The van der Waals surface area contributed by atoms with E-state index in [2.05, 4.69) is 164 Å². The number of amides is 2. The Bertz CT molecular complexity index is 2580. The molecule has 2 amide bonds. The number of nitrogens with zero attached hydrogens (tertiary/aromatic N) is 4. The number of benzene rings is 4. The van der Waals surface area contributed by atoms with Crippen LogP contribution in [-0.2, 0) is 0 Å². The second-order valence-electron chi connectivity index (χ2n) is 18.0. The van der Waals surface area contributed by atoms with Crippen molar-refractivity contribution in [3.05, 3.63) is 177 Å². The summed E-state index contributed by atoms with van der Waals surface area (Å²) in [5, 5.41) is 9.75. The molecule has 8 rings (SSSR count). The predicted octanol–water partition coefficient (Wildman–Crippen LogP) is 9.85. The first kappa shape index (κ1) is 50.7. The average molecular weight is 956 g/mol. The van der Waals surface area contributed by atoms with Crippen molar-refractivity contribution in [3.8, 4) is 11.5 Å². The third-order valence-electron chi connectivity index (χ3n) is 14.3. The number of allylic oxidation sites excluding steroid dienone is 2. The topological polar surface area (TPSA) is 102 Å². The van der Waals surface area contributed by atoms with Crippen molar-refractivity contribution >= 4 is 34.3 Å². The Balaban J connectivity index is 0.947. The van der Waals surface area contributed by atoms with Gasteiger partial charge in [-0.05, 0) is 114 Å². The molecule has 0 saturated carbocycles. The monoisotopic (exact) mass is 956 g/mol. The predicted molar refractivity (Wildman–Crippen MR) is 292 cm³/mol. The van der Waals surface area contributed by atoms with E-state index >= 15 is 0 Å². The highest BCUT2D eigenvalue weighted by molar-refractivity contribution is 6.05. The fourth-order valence-electron chi connectivity index (χ4n) is 10.4. The minimum atomic E-state index is -0.150. The molecule has 2 aliphatic heterocycles. The summed E-state index contributed by atoms with van der Waals surface area (Å²) in [5.41, 5.74) is 10.9. The molecule has 11 nitrogen and oxygen atoms in total. The number of likely N-dealkylation sites (N-methyl/N-ethyl adjacent to an activating group) is 2. The van der Waals surface area contributed by atoms with Crippen molar-refractivity contribution in [1.29, 1.82) is 0 Å². The van der Waals surface area contributed by atoms with Crippen LogP contribution in [0.5, 0.6) is 11.5 Å². The molecule has 372 valence electrons. The highest BCUT2D eigenvalue weighted by Gasteiger charge is 2.33. The van der Waals surface area contributed by atoms with Crippen LogP contribution >= 0.6 is 0 Å². The summed E-state index contributed by atoms with van der Waals surface area (Å²) in [6.07, 6.45) is 13.2. The number of hydrogen-bond donors (Lipinski definition) is 3. The molecule has 4 aromatic rings. The molecule has 11 heteroatoms. The van der Waals surface area contributed by atoms with E-state index in [1.807, 2.05) is 48.5 Å². The van der Waals surface area contributed by atoms with Crippen molar-refractivity contribution in [2.24, 2.45) is 0 Å². The highest BCUT2D eigenvalue weighted by atomic mass is 16.5. The summed E-state index contributed by atoms with van der Waals surface area (Å²) in [5.74, 6) is 2.90. The van der Waals surface area contributed by atoms with Crippen LogP contribution in [0.3, 0.4) is 0 Å². The van der Waals surface area contributed by atoms with Crippen molar-refractivity contribution in [2.45, 2.75) is 67.5 Å². The summed E-state index contributed by atoms with van der Waals surface area (Å²) < 4.78 is 13.5. The zero-order valence-corrected chi connectivity index (χ0v) is 43.1. The molecule has 4 aliphatic rings. The molecule has 0 fully saturated rings. The Kier molecular flexibility index (Phi) is 16.8. The Hall–Kier alpha value is -6.66. The molecule has 2 aliphatic carbocycles. The summed E-state index contributed by atoms with van der Waals surface area (Å²) in [6.45, 7) is 26.5. The van der Waals surface area contributed by atoms with Gasteiger partial charge in [-0.3, -0.25) is 19.4 Å². The number of fused-ring (bicyclic) bond motifs is 4. The number of anilines is 2. The smallest absolute Gasteiger partial charge is 0.251 e. The van der Waals surface area contributed by atoms with Crippen molar-refractivity contribution < 1.29 is 19.1 Å². The Morgan fingerprint density at radius 1 is 0.479 bits per heavy atom. The molecule has 2 atom stereocenters. The van der Waals surface area contributed by atoms with Gasteiger partial charge in [0.05, 0.1) is 12.1 Å². The third-order valence-corrected chi connectivity index (χ3v) is 14.3. The molecule has 0 bridgehead atoms. The number of nitrogens with one attached hydrogen (secondary N) is 3. The molecule has 0 spiro atoms. The lowest BCUT2D eigenvalue weighted by atomic mass is 9.84. The molecule has 4 aromatic carbocycles. The second-order valence-corrected chi connectivity index (χ2v) is 18.0. The van der Waals surface area contributed by atoms with E-state index in [0.717, 1.165) is 131 Å². The van der Waals surface area contributed by atoms with Crippen LogP contribution in [0.25, 0.3) is 11.1 Å². The number of rotatable bonds is 22. The maximum atomic E-state index is 14.1. The first-order chi connectivity index (χ1) is 34.7. The normalized spacial score (nSPS) is 16.6. The van der Waals surface area contributed by atoms with Gasteiger partial charge in [-0.25, -0.2) is 0 Å². The van der Waals surface area contributed by atoms with Crippen molar-refractivity contribution in [1.82, 2.24) is 25.8 Å². The zero-order valence-electron chi connectivity index (χ0n) is 43.1. The summed E-state index contributed by atoms with van der Waals surface area (Å²) in [7, 11) is 0. The molecule has 0 aromatic heterocycles. The molecule has 0 radical (unpaired) electrons. The van der Waals surface area contributed by atoms with Crippen LogP contribution in [0, 0.1) is 0 Å². The minimum Gasteiger partial charge on any atom is -0.456 e. The van der Waals surface area contributed by atoms with Crippen molar-refractivity contribution in [3.63, 3.8) is 0 Å². The SMILES string of the molecule is CCN(CC)c1ccc2c(c1)OC1=CC(N(CC)CC)C=CC1=C2c1ccccc1C(=O)NCCNCCNC(=O)c1ccccc1C1=C2C=CC(N(CC)CC)C=C2Oc2cc(N(CC)CC)ccc21. The molecular formula is C60H73N7O4. The Morgan fingerprint density at radius 2 is 0.873 bits per heavy atom. The van der Waals surface area contributed by atoms with Gasteiger partial charge in [-0.1, -0.05) is 88.4 Å². The van der Waals surface area contributed by atoms with E-state index in [1.54, 1.807) is 0 Å². The van der Waals surface area contributed by atoms with Crippen LogP contribution in [0.15, 0.2) is 144 Å². The molecule has 71 heavy (non-hydrogen) atoms. The Morgan fingerprint density at radius 3 is 1.25 bits per heavy atom. The summed E-state index contributed by atoms with van der Waals surface area (Å²) in [4.78, 5) is 37.6. The Labute approximate surface area is 422 Å². The van der Waals surface area contributed by atoms with E-state index in [4.69, 9.17) is 9.47 Å². The van der Waals surface area contributed by atoms with Gasteiger partial charge < -0.3 is 35.2 Å². The lowest BCUT2D eigenvalue weighted by Gasteiger charge is -2.33. The van der Waals surface area contributed by atoms with Gasteiger partial charge in [0.15, 0.2) is 0 Å². The minimum absolute atomic E-state index is 0.110. The fourth-order valence-corrected chi connectivity index (χ4v) is 10.4. The van der Waals surface area contributed by atoms with Crippen LogP contribution in [0.4, 0.5) is 11.4 Å². The fraction of sp³-hybridized carbons (Fsp3) is 0.367. The summed E-state index contributed by atoms with van der Waals surface area (Å²) in [6, 6.07) is 28.8. The molecule has 3 N–H and O–H groups in total. The van der Waals surface area contributed by atoms with Gasteiger partial charge in [-0.15, -0.1) is 0 Å². The zero-order chi connectivity index (χ0) is 50.0. The van der Waals surface area contributed by atoms with Gasteiger partial charge in [0, 0.05) is 120 Å². The first-order valence-corrected chi connectivity index (χ1v) is 26.1. The number of carbonyl (C=O) groups excluding carboxylic acids is 2. The van der Waals surface area contributed by atoms with Gasteiger partial charge >= 0.3 is 0 Å². The number of ether oxygens (including phenoxy) is 2. The number of hydrogen-bond acceptors (Lipinski definition) is 9. The third kappa shape index (κ3) is 10.7. The van der Waals surface area contributed by atoms with Gasteiger partial charge in [-0.2, -0.15) is 0 Å². The van der Waals surface area contributed by atoms with Crippen LogP contribution in [-0.4, -0.2) is 112 Å². The van der Waals surface area contributed by atoms with Crippen LogP contribution in [0.1, 0.15) is 98.4 Å². The standard InChI is InChI=1S/C60H73N7O4/c1-9-64(10-2)41-25-29-49-53(37-41)70-54-38-42(65(11-3)12-4)26-30-50(54)57(49)45-21-17-19-23-47(45)59(68)62-35-33-61-34-36-63-60(69)48-24-20-18-22-46(48)58-51-31-27-43(66(13-5)14-6)39-55(51)71-56-40-44(28-32-52(56)58)67(15-7)16-8/h17-32,37-41,43,61H,9-16,33-36H2,1-8H3,(H,62,68)(H,63,69). The van der Waals surface area contributed by atoms with Crippen molar-refractivity contribution in [2.75, 3.05) is 88.3 Å².